The molecule has 0 aliphatic rings. The van der Waals surface area contributed by atoms with E-state index in [1.165, 1.54) is 0 Å². The van der Waals surface area contributed by atoms with Gasteiger partial charge in [-0.3, -0.25) is 0 Å². The van der Waals surface area contributed by atoms with Gasteiger partial charge >= 0.3 is 0 Å². The zero-order valence-electron chi connectivity index (χ0n) is 11.9. The summed E-state index contributed by atoms with van der Waals surface area (Å²) >= 11 is 12.0. The van der Waals surface area contributed by atoms with Crippen molar-refractivity contribution in [2.45, 2.75) is 39.7 Å². The fraction of sp³-hybridized carbons (Fsp3) is 0.600. The van der Waals surface area contributed by atoms with Gasteiger partial charge in [0.1, 0.15) is 11.9 Å². The first kappa shape index (κ1) is 16.6. The normalized spacial score (nSPS) is 12.7. The van der Waals surface area contributed by atoms with Crippen molar-refractivity contribution in [3.63, 3.8) is 0 Å². The lowest BCUT2D eigenvalue weighted by atomic mass is 10.2. The molecule has 0 spiro atoms. The lowest BCUT2D eigenvalue weighted by molar-refractivity contribution is 0.185. The highest BCUT2D eigenvalue weighted by Crippen LogP contribution is 2.25. The highest BCUT2D eigenvalue weighted by molar-refractivity contribution is 6.34. The highest BCUT2D eigenvalue weighted by Gasteiger charge is 2.10. The zero-order chi connectivity index (χ0) is 14.3. The Hall–Kier alpha value is -0.440. The van der Waals surface area contributed by atoms with E-state index in [-0.39, 0.29) is 6.10 Å². The zero-order valence-corrected chi connectivity index (χ0v) is 13.4. The smallest absolute Gasteiger partial charge is 0.122 e. The van der Waals surface area contributed by atoms with E-state index in [4.69, 9.17) is 27.9 Å². The van der Waals surface area contributed by atoms with Gasteiger partial charge in [-0.15, -0.1) is 0 Å². The van der Waals surface area contributed by atoms with Gasteiger partial charge in [-0.2, -0.15) is 0 Å². The van der Waals surface area contributed by atoms with Gasteiger partial charge in [-0.05, 0) is 37.1 Å². The topological polar surface area (TPSA) is 21.3 Å². The summed E-state index contributed by atoms with van der Waals surface area (Å²) in [6.45, 7) is 8.39. The second-order valence-electron chi connectivity index (χ2n) is 5.19. The molecule has 108 valence electrons. The monoisotopic (exact) mass is 303 g/mol. The summed E-state index contributed by atoms with van der Waals surface area (Å²) in [5.74, 6) is 1.38. The predicted molar refractivity (Wildman–Crippen MR) is 83.5 cm³/mol. The van der Waals surface area contributed by atoms with Crippen LogP contribution in [-0.2, 0) is 0 Å². The first-order valence-corrected chi connectivity index (χ1v) is 7.60. The molecule has 0 radical (unpaired) electrons. The largest absolute Gasteiger partial charge is 0.489 e. The summed E-state index contributed by atoms with van der Waals surface area (Å²) in [5, 5.41) is 4.64. The van der Waals surface area contributed by atoms with Crippen LogP contribution in [0.25, 0.3) is 0 Å². The van der Waals surface area contributed by atoms with Crippen molar-refractivity contribution >= 4 is 23.2 Å². The SMILES string of the molecule is CCCC(CNCC(C)C)Oc1cc(Cl)cc(Cl)c1. The molecular formula is C15H23Cl2NO. The lowest BCUT2D eigenvalue weighted by Gasteiger charge is -2.20. The van der Waals surface area contributed by atoms with Crippen molar-refractivity contribution in [3.8, 4) is 5.75 Å². The summed E-state index contributed by atoms with van der Waals surface area (Å²) in [6.07, 6.45) is 2.25. The van der Waals surface area contributed by atoms with E-state index in [0.717, 1.165) is 31.7 Å². The Bertz CT molecular complexity index is 362. The van der Waals surface area contributed by atoms with Gasteiger partial charge in [0.05, 0.1) is 0 Å². The van der Waals surface area contributed by atoms with Crippen LogP contribution in [0.4, 0.5) is 0 Å². The molecule has 0 saturated heterocycles. The molecule has 0 aliphatic heterocycles. The van der Waals surface area contributed by atoms with Gasteiger partial charge in [0.2, 0.25) is 0 Å². The molecule has 19 heavy (non-hydrogen) atoms. The first-order valence-electron chi connectivity index (χ1n) is 6.84. The van der Waals surface area contributed by atoms with Crippen LogP contribution < -0.4 is 10.1 Å². The Morgan fingerprint density at radius 3 is 2.26 bits per heavy atom. The summed E-state index contributed by atoms with van der Waals surface area (Å²) in [6, 6.07) is 5.32. The minimum Gasteiger partial charge on any atom is -0.489 e. The third kappa shape index (κ3) is 7.05. The van der Waals surface area contributed by atoms with E-state index in [9.17, 15) is 0 Å². The van der Waals surface area contributed by atoms with Crippen molar-refractivity contribution in [2.24, 2.45) is 5.92 Å². The van der Waals surface area contributed by atoms with Crippen LogP contribution in [0.15, 0.2) is 18.2 Å². The molecule has 0 aliphatic carbocycles. The number of ether oxygens (including phenoxy) is 1. The van der Waals surface area contributed by atoms with Gasteiger partial charge in [-0.25, -0.2) is 0 Å². The standard InChI is InChI=1S/C15H23Cl2NO/c1-4-5-14(10-18-9-11(2)3)19-15-7-12(16)6-13(17)8-15/h6-8,11,14,18H,4-5,9-10H2,1-3H3. The van der Waals surface area contributed by atoms with Crippen molar-refractivity contribution in [1.29, 1.82) is 0 Å². The van der Waals surface area contributed by atoms with Gasteiger partial charge in [0.25, 0.3) is 0 Å². The fourth-order valence-corrected chi connectivity index (χ4v) is 2.35. The Balaban J connectivity index is 2.56. The average Bonchev–Trinajstić information content (AvgIpc) is 2.27. The van der Waals surface area contributed by atoms with E-state index in [1.807, 2.05) is 0 Å². The van der Waals surface area contributed by atoms with Crippen molar-refractivity contribution in [2.75, 3.05) is 13.1 Å². The van der Waals surface area contributed by atoms with Crippen LogP contribution in [0, 0.1) is 5.92 Å². The number of benzene rings is 1. The Kier molecular flexibility index (Phi) is 7.59. The van der Waals surface area contributed by atoms with Gasteiger partial charge in [0.15, 0.2) is 0 Å². The predicted octanol–water partition coefficient (Wildman–Crippen LogP) is 4.79. The summed E-state index contributed by atoms with van der Waals surface area (Å²) in [5.41, 5.74) is 0. The molecular weight excluding hydrogens is 281 g/mol. The minimum absolute atomic E-state index is 0.151. The molecule has 0 amide bonds. The van der Waals surface area contributed by atoms with Crippen LogP contribution in [0.5, 0.6) is 5.75 Å². The van der Waals surface area contributed by atoms with E-state index in [2.05, 4.69) is 26.1 Å². The number of hydrogen-bond acceptors (Lipinski definition) is 2. The Morgan fingerprint density at radius 1 is 1.11 bits per heavy atom. The number of halogens is 2. The number of hydrogen-bond donors (Lipinski definition) is 1. The molecule has 4 heteroatoms. The molecule has 1 aromatic rings. The molecule has 0 aromatic heterocycles. The van der Waals surface area contributed by atoms with Crippen LogP contribution >= 0.6 is 23.2 Å². The molecule has 1 atom stereocenters. The van der Waals surface area contributed by atoms with Gasteiger partial charge < -0.3 is 10.1 Å². The molecule has 0 fully saturated rings. The number of nitrogens with one attached hydrogen (secondary N) is 1. The van der Waals surface area contributed by atoms with Crippen LogP contribution in [0.2, 0.25) is 10.0 Å². The maximum Gasteiger partial charge on any atom is 0.122 e. The van der Waals surface area contributed by atoms with Crippen molar-refractivity contribution < 1.29 is 4.74 Å². The molecule has 1 unspecified atom stereocenters. The van der Waals surface area contributed by atoms with Crippen LogP contribution in [0.1, 0.15) is 33.6 Å². The van der Waals surface area contributed by atoms with Gasteiger partial charge in [0, 0.05) is 16.6 Å². The quantitative estimate of drug-likeness (QED) is 0.746. The second-order valence-corrected chi connectivity index (χ2v) is 6.06. The van der Waals surface area contributed by atoms with Crippen LogP contribution in [0.3, 0.4) is 0 Å². The molecule has 0 saturated carbocycles. The number of rotatable bonds is 8. The summed E-state index contributed by atoms with van der Waals surface area (Å²) in [4.78, 5) is 0. The van der Waals surface area contributed by atoms with E-state index in [1.54, 1.807) is 18.2 Å². The molecule has 0 bridgehead atoms. The van der Waals surface area contributed by atoms with Crippen LogP contribution in [-0.4, -0.2) is 19.2 Å². The third-order valence-electron chi connectivity index (χ3n) is 2.67. The summed E-state index contributed by atoms with van der Waals surface area (Å²) in [7, 11) is 0. The van der Waals surface area contributed by atoms with E-state index < -0.39 is 0 Å². The Labute approximate surface area is 126 Å². The maximum absolute atomic E-state index is 5.98. The van der Waals surface area contributed by atoms with E-state index >= 15 is 0 Å². The molecule has 1 aromatic carbocycles. The molecule has 1 rings (SSSR count). The molecule has 2 nitrogen and oxygen atoms in total. The molecule has 1 N–H and O–H groups in total. The Morgan fingerprint density at radius 2 is 1.74 bits per heavy atom. The summed E-state index contributed by atoms with van der Waals surface area (Å²) < 4.78 is 5.97. The highest BCUT2D eigenvalue weighted by atomic mass is 35.5. The minimum atomic E-state index is 0.151. The van der Waals surface area contributed by atoms with Crippen molar-refractivity contribution in [3.05, 3.63) is 28.2 Å². The maximum atomic E-state index is 5.98. The second kappa shape index (κ2) is 8.68. The average molecular weight is 304 g/mol. The fourth-order valence-electron chi connectivity index (χ4n) is 1.85. The third-order valence-corrected chi connectivity index (χ3v) is 3.11. The first-order chi connectivity index (χ1) is 9.01. The lowest BCUT2D eigenvalue weighted by Crippen LogP contribution is -2.33. The van der Waals surface area contributed by atoms with E-state index in [0.29, 0.717) is 16.0 Å². The van der Waals surface area contributed by atoms with Gasteiger partial charge in [-0.1, -0.05) is 50.4 Å². The molecule has 0 heterocycles. The van der Waals surface area contributed by atoms with Crippen molar-refractivity contribution in [1.82, 2.24) is 5.32 Å².